The molecule has 96 valence electrons. The van der Waals surface area contributed by atoms with Crippen LogP contribution >= 0.6 is 0 Å². The number of hydrogen-bond acceptors (Lipinski definition) is 1. The summed E-state index contributed by atoms with van der Waals surface area (Å²) in [5.74, 6) is 0. The Kier molecular flexibility index (Phi) is 3.86. The summed E-state index contributed by atoms with van der Waals surface area (Å²) in [6.45, 7) is 8.23. The van der Waals surface area contributed by atoms with Crippen LogP contribution in [0.2, 0.25) is 0 Å². The van der Waals surface area contributed by atoms with Crippen molar-refractivity contribution in [2.75, 3.05) is 14.1 Å². The fourth-order valence-electron chi connectivity index (χ4n) is 1.93. The maximum atomic E-state index is 4.17. The molecule has 0 amide bonds. The second-order valence-corrected chi connectivity index (χ2v) is 4.76. The third-order valence-corrected chi connectivity index (χ3v) is 3.23. The van der Waals surface area contributed by atoms with E-state index in [1.807, 2.05) is 37.2 Å². The Labute approximate surface area is 115 Å². The van der Waals surface area contributed by atoms with Gasteiger partial charge in [-0.25, -0.2) is 0 Å². The lowest BCUT2D eigenvalue weighted by Crippen LogP contribution is -2.08. The molecular formula is C18H19N. The first-order chi connectivity index (χ1) is 9.09. The van der Waals surface area contributed by atoms with Gasteiger partial charge in [0.1, 0.15) is 0 Å². The Morgan fingerprint density at radius 3 is 1.74 bits per heavy atom. The number of hydrogen-bond donors (Lipinski definition) is 0. The van der Waals surface area contributed by atoms with E-state index in [-0.39, 0.29) is 0 Å². The molecule has 0 saturated carbocycles. The van der Waals surface area contributed by atoms with Crippen LogP contribution in [-0.2, 0) is 0 Å². The average molecular weight is 249 g/mol. The predicted molar refractivity (Wildman–Crippen MR) is 83.7 cm³/mol. The van der Waals surface area contributed by atoms with E-state index in [2.05, 4.69) is 49.6 Å². The monoisotopic (exact) mass is 249 g/mol. The minimum absolute atomic E-state index is 1.01. The van der Waals surface area contributed by atoms with Crippen LogP contribution in [0.5, 0.6) is 0 Å². The highest BCUT2D eigenvalue weighted by Gasteiger charge is 2.04. The molecule has 0 aliphatic rings. The van der Waals surface area contributed by atoms with Gasteiger partial charge in [0.2, 0.25) is 0 Å². The second-order valence-electron chi connectivity index (χ2n) is 4.76. The van der Waals surface area contributed by atoms with Crippen LogP contribution in [0.15, 0.2) is 67.8 Å². The molecule has 0 atom stereocenters. The summed E-state index contributed by atoms with van der Waals surface area (Å²) in [5, 5.41) is 0. The molecule has 0 fully saturated rings. The molecule has 1 nitrogen and oxygen atoms in total. The van der Waals surface area contributed by atoms with Crippen molar-refractivity contribution in [3.63, 3.8) is 0 Å². The lowest BCUT2D eigenvalue weighted by atomic mass is 9.98. The summed E-state index contributed by atoms with van der Waals surface area (Å²) in [5.41, 5.74) is 5.48. The number of rotatable bonds is 4. The Balaban J connectivity index is 2.24. The lowest BCUT2D eigenvalue weighted by Gasteiger charge is -2.16. The summed E-state index contributed by atoms with van der Waals surface area (Å²) in [6, 6.07) is 18.6. The van der Waals surface area contributed by atoms with Gasteiger partial charge in [0, 0.05) is 19.8 Å². The van der Waals surface area contributed by atoms with Crippen LogP contribution in [0.1, 0.15) is 16.7 Å². The minimum Gasteiger partial charge on any atom is -0.378 e. The Morgan fingerprint density at radius 1 is 0.737 bits per heavy atom. The van der Waals surface area contributed by atoms with Gasteiger partial charge in [-0.15, -0.1) is 0 Å². The van der Waals surface area contributed by atoms with Crippen LogP contribution in [0.25, 0.3) is 11.3 Å². The van der Waals surface area contributed by atoms with E-state index >= 15 is 0 Å². The molecular weight excluding hydrogens is 230 g/mol. The van der Waals surface area contributed by atoms with Crippen molar-refractivity contribution in [1.82, 2.24) is 4.90 Å². The Hall–Kier alpha value is -2.28. The van der Waals surface area contributed by atoms with Crippen molar-refractivity contribution in [2.45, 2.75) is 0 Å². The maximum absolute atomic E-state index is 4.17. The molecule has 2 aromatic carbocycles. The Bertz CT molecular complexity index is 577. The molecule has 0 aliphatic heterocycles. The van der Waals surface area contributed by atoms with E-state index in [9.17, 15) is 0 Å². The van der Waals surface area contributed by atoms with Crippen molar-refractivity contribution in [3.8, 4) is 0 Å². The van der Waals surface area contributed by atoms with Crippen LogP contribution in [0.4, 0.5) is 0 Å². The molecule has 2 rings (SSSR count). The normalized spacial score (nSPS) is 10.0. The van der Waals surface area contributed by atoms with Crippen molar-refractivity contribution in [1.29, 1.82) is 0 Å². The van der Waals surface area contributed by atoms with Gasteiger partial charge in [-0.3, -0.25) is 0 Å². The van der Waals surface area contributed by atoms with Crippen LogP contribution in [0.3, 0.4) is 0 Å². The molecule has 0 spiro atoms. The molecule has 0 N–H and O–H groups in total. The van der Waals surface area contributed by atoms with Crippen LogP contribution in [0, 0.1) is 0 Å². The first kappa shape index (κ1) is 13.2. The van der Waals surface area contributed by atoms with Gasteiger partial charge >= 0.3 is 0 Å². The zero-order valence-electron chi connectivity index (χ0n) is 11.6. The molecule has 1 heteroatoms. The van der Waals surface area contributed by atoms with E-state index < -0.39 is 0 Å². The maximum Gasteiger partial charge on any atom is 0.0361 e. The van der Waals surface area contributed by atoms with E-state index in [1.165, 1.54) is 0 Å². The van der Waals surface area contributed by atoms with Gasteiger partial charge in [-0.2, -0.15) is 0 Å². The van der Waals surface area contributed by atoms with Crippen molar-refractivity contribution < 1.29 is 0 Å². The van der Waals surface area contributed by atoms with Crippen molar-refractivity contribution >= 4 is 11.3 Å². The van der Waals surface area contributed by atoms with Crippen molar-refractivity contribution in [3.05, 3.63) is 84.4 Å². The third-order valence-electron chi connectivity index (χ3n) is 3.23. The van der Waals surface area contributed by atoms with Gasteiger partial charge in [0.15, 0.2) is 0 Å². The Morgan fingerprint density at radius 2 is 1.21 bits per heavy atom. The van der Waals surface area contributed by atoms with Gasteiger partial charge in [-0.05, 0) is 22.3 Å². The van der Waals surface area contributed by atoms with Crippen molar-refractivity contribution in [2.24, 2.45) is 0 Å². The predicted octanol–water partition coefficient (Wildman–Crippen LogP) is 4.28. The van der Waals surface area contributed by atoms with Crippen LogP contribution in [-0.4, -0.2) is 19.0 Å². The van der Waals surface area contributed by atoms with Crippen LogP contribution < -0.4 is 0 Å². The zero-order valence-corrected chi connectivity index (χ0v) is 11.6. The summed E-state index contributed by atoms with van der Waals surface area (Å²) in [7, 11) is 4.00. The second kappa shape index (κ2) is 5.57. The highest BCUT2D eigenvalue weighted by atomic mass is 15.1. The quantitative estimate of drug-likeness (QED) is 0.781. The summed E-state index contributed by atoms with van der Waals surface area (Å²) < 4.78 is 0. The number of nitrogens with zero attached hydrogens (tertiary/aromatic N) is 1. The topological polar surface area (TPSA) is 3.24 Å². The number of benzene rings is 2. The highest BCUT2D eigenvalue weighted by Crippen LogP contribution is 2.23. The molecule has 0 aliphatic carbocycles. The van der Waals surface area contributed by atoms with Gasteiger partial charge in [-0.1, -0.05) is 67.8 Å². The molecule has 0 aromatic heterocycles. The molecule has 0 heterocycles. The fraction of sp³-hybridized carbons (Fsp3) is 0.111. The van der Waals surface area contributed by atoms with E-state index in [0.29, 0.717) is 0 Å². The molecule has 0 unspecified atom stereocenters. The first-order valence-corrected chi connectivity index (χ1v) is 6.31. The molecule has 0 radical (unpaired) electrons. The lowest BCUT2D eigenvalue weighted by molar-refractivity contribution is 0.593. The average Bonchev–Trinajstić information content (AvgIpc) is 2.46. The zero-order chi connectivity index (χ0) is 13.8. The third kappa shape index (κ3) is 2.94. The minimum atomic E-state index is 1.01. The molecule has 19 heavy (non-hydrogen) atoms. The largest absolute Gasteiger partial charge is 0.378 e. The van der Waals surface area contributed by atoms with Gasteiger partial charge in [0.25, 0.3) is 0 Å². The fourth-order valence-corrected chi connectivity index (χ4v) is 1.93. The smallest absolute Gasteiger partial charge is 0.0361 e. The van der Waals surface area contributed by atoms with E-state index in [0.717, 1.165) is 28.0 Å². The summed E-state index contributed by atoms with van der Waals surface area (Å²) in [6.07, 6.45) is 0. The molecule has 0 saturated heterocycles. The first-order valence-electron chi connectivity index (χ1n) is 6.31. The highest BCUT2D eigenvalue weighted by molar-refractivity contribution is 5.78. The van der Waals surface area contributed by atoms with Gasteiger partial charge < -0.3 is 4.90 Å². The van der Waals surface area contributed by atoms with E-state index in [4.69, 9.17) is 0 Å². The molecule has 0 bridgehead atoms. The SMILES string of the molecule is C=C(c1ccccc1)c1ccc(C(=C)N(C)C)cc1. The van der Waals surface area contributed by atoms with E-state index in [1.54, 1.807) is 0 Å². The summed E-state index contributed by atoms with van der Waals surface area (Å²) >= 11 is 0. The molecule has 2 aromatic rings. The summed E-state index contributed by atoms with van der Waals surface area (Å²) in [4.78, 5) is 2.01. The standard InChI is InChI=1S/C18H19N/c1-14(16-8-6-5-7-9-16)17-10-12-18(13-11-17)15(2)19(3)4/h5-13H,1-2H2,3-4H3. The van der Waals surface area contributed by atoms with Gasteiger partial charge in [0.05, 0.1) is 0 Å².